The van der Waals surface area contributed by atoms with Gasteiger partial charge in [0.2, 0.25) is 0 Å². The number of piperidine rings is 1. The van der Waals surface area contributed by atoms with Crippen molar-refractivity contribution in [3.05, 3.63) is 10.6 Å². The molecule has 2 amide bonds. The van der Waals surface area contributed by atoms with Gasteiger partial charge in [0, 0.05) is 24.4 Å². The second-order valence-electron chi connectivity index (χ2n) is 5.70. The number of aliphatic carboxylic acids is 1. The van der Waals surface area contributed by atoms with Gasteiger partial charge in [-0.15, -0.1) is 11.3 Å². The predicted molar refractivity (Wildman–Crippen MR) is 79.7 cm³/mol. The third-order valence-corrected chi connectivity index (χ3v) is 5.25. The quantitative estimate of drug-likeness (QED) is 0.898. The second kappa shape index (κ2) is 6.01. The Labute approximate surface area is 127 Å². The van der Waals surface area contributed by atoms with Crippen LogP contribution in [0.1, 0.15) is 36.3 Å². The number of rotatable bonds is 3. The number of carboxylic acid groups (broad SMARTS) is 1. The fourth-order valence-electron chi connectivity index (χ4n) is 3.00. The van der Waals surface area contributed by atoms with E-state index in [0.29, 0.717) is 18.2 Å². The van der Waals surface area contributed by atoms with Crippen LogP contribution in [0.25, 0.3) is 0 Å². The summed E-state index contributed by atoms with van der Waals surface area (Å²) >= 11 is 1.58. The molecule has 2 heterocycles. The molecule has 0 bridgehead atoms. The first-order valence-corrected chi connectivity index (χ1v) is 8.20. The van der Waals surface area contributed by atoms with Gasteiger partial charge in [0.1, 0.15) is 0 Å². The molecule has 1 fully saturated rings. The van der Waals surface area contributed by atoms with Gasteiger partial charge in [0.25, 0.3) is 0 Å². The number of nitrogens with zero attached hydrogens (tertiary/aromatic N) is 2. The number of hydrogen-bond acceptors (Lipinski definition) is 4. The summed E-state index contributed by atoms with van der Waals surface area (Å²) in [6.45, 7) is 1.24. The first-order valence-electron chi connectivity index (χ1n) is 7.38. The monoisotopic (exact) mass is 309 g/mol. The molecule has 1 aliphatic heterocycles. The van der Waals surface area contributed by atoms with E-state index < -0.39 is 5.97 Å². The van der Waals surface area contributed by atoms with E-state index in [1.54, 1.807) is 16.2 Å². The first kappa shape index (κ1) is 14.3. The van der Waals surface area contributed by atoms with E-state index in [1.165, 1.54) is 11.3 Å². The fourth-order valence-corrected chi connectivity index (χ4v) is 4.04. The average Bonchev–Trinajstić information content (AvgIpc) is 2.99. The van der Waals surface area contributed by atoms with Crippen LogP contribution in [-0.4, -0.2) is 40.1 Å². The summed E-state index contributed by atoms with van der Waals surface area (Å²) < 4.78 is 0. The van der Waals surface area contributed by atoms with Crippen LogP contribution < -0.4 is 5.32 Å². The van der Waals surface area contributed by atoms with E-state index in [4.69, 9.17) is 5.11 Å². The van der Waals surface area contributed by atoms with Crippen molar-refractivity contribution in [2.24, 2.45) is 5.92 Å². The van der Waals surface area contributed by atoms with Gasteiger partial charge in [-0.1, -0.05) is 0 Å². The molecule has 0 unspecified atom stereocenters. The molecule has 7 heteroatoms. The zero-order chi connectivity index (χ0) is 14.8. The summed E-state index contributed by atoms with van der Waals surface area (Å²) in [6, 6.07) is -0.115. The summed E-state index contributed by atoms with van der Waals surface area (Å²) in [5.41, 5.74) is 1.13. The van der Waals surface area contributed by atoms with Crippen molar-refractivity contribution in [2.75, 3.05) is 18.4 Å². The fraction of sp³-hybridized carbons (Fsp3) is 0.643. The Morgan fingerprint density at radius 1 is 1.33 bits per heavy atom. The minimum Gasteiger partial charge on any atom is -0.481 e. The minimum absolute atomic E-state index is 0.115. The second-order valence-corrected chi connectivity index (χ2v) is 6.78. The Hall–Kier alpha value is -1.63. The maximum Gasteiger partial charge on any atom is 0.323 e. The van der Waals surface area contributed by atoms with Gasteiger partial charge in [0.05, 0.1) is 5.69 Å². The van der Waals surface area contributed by atoms with Crippen molar-refractivity contribution in [1.82, 2.24) is 9.88 Å². The lowest BCUT2D eigenvalue weighted by Crippen LogP contribution is -2.41. The molecule has 0 saturated carbocycles. The number of thiazole rings is 1. The first-order chi connectivity index (χ1) is 10.1. The van der Waals surface area contributed by atoms with Crippen molar-refractivity contribution >= 4 is 28.5 Å². The number of carboxylic acids is 1. The highest BCUT2D eigenvalue weighted by atomic mass is 32.1. The molecule has 0 radical (unpaired) electrons. The van der Waals surface area contributed by atoms with Crippen molar-refractivity contribution in [3.8, 4) is 0 Å². The lowest BCUT2D eigenvalue weighted by Gasteiger charge is -2.31. The van der Waals surface area contributed by atoms with E-state index in [-0.39, 0.29) is 18.4 Å². The molecule has 1 aliphatic carbocycles. The molecular formula is C14H19N3O3S. The zero-order valence-corrected chi connectivity index (χ0v) is 12.6. The number of urea groups is 1. The molecule has 1 aromatic heterocycles. The average molecular weight is 309 g/mol. The van der Waals surface area contributed by atoms with E-state index in [1.807, 2.05) is 0 Å². The van der Waals surface area contributed by atoms with Crippen LogP contribution in [0.15, 0.2) is 0 Å². The number of carbonyl (C=O) groups excluding carboxylic acids is 1. The van der Waals surface area contributed by atoms with Crippen LogP contribution in [0.5, 0.6) is 0 Å². The lowest BCUT2D eigenvalue weighted by atomic mass is 9.94. The number of anilines is 1. The molecular weight excluding hydrogens is 290 g/mol. The maximum atomic E-state index is 12.2. The van der Waals surface area contributed by atoms with Gasteiger partial charge >= 0.3 is 12.0 Å². The van der Waals surface area contributed by atoms with Crippen LogP contribution >= 0.6 is 11.3 Å². The normalized spacial score (nSPS) is 18.6. The Kier molecular flexibility index (Phi) is 4.10. The molecule has 3 rings (SSSR count). The highest BCUT2D eigenvalue weighted by molar-refractivity contribution is 7.15. The summed E-state index contributed by atoms with van der Waals surface area (Å²) in [7, 11) is 0. The van der Waals surface area contributed by atoms with E-state index in [2.05, 4.69) is 10.3 Å². The van der Waals surface area contributed by atoms with E-state index >= 15 is 0 Å². The van der Waals surface area contributed by atoms with Gasteiger partial charge in [0.15, 0.2) is 5.13 Å². The van der Waals surface area contributed by atoms with E-state index in [0.717, 1.165) is 31.4 Å². The van der Waals surface area contributed by atoms with Gasteiger partial charge in [-0.3, -0.25) is 10.1 Å². The van der Waals surface area contributed by atoms with Crippen molar-refractivity contribution < 1.29 is 14.7 Å². The van der Waals surface area contributed by atoms with Gasteiger partial charge in [-0.25, -0.2) is 9.78 Å². The topological polar surface area (TPSA) is 82.5 Å². The number of aryl methyl sites for hydroxylation is 2. The van der Waals surface area contributed by atoms with Gasteiger partial charge < -0.3 is 10.0 Å². The number of likely N-dealkylation sites (tertiary alicyclic amines) is 1. The van der Waals surface area contributed by atoms with Gasteiger partial charge in [-0.2, -0.15) is 0 Å². The Morgan fingerprint density at radius 3 is 2.76 bits per heavy atom. The highest BCUT2D eigenvalue weighted by Gasteiger charge is 2.25. The third kappa shape index (κ3) is 3.34. The van der Waals surface area contributed by atoms with Crippen LogP contribution in [0.2, 0.25) is 0 Å². The van der Waals surface area contributed by atoms with Crippen molar-refractivity contribution in [3.63, 3.8) is 0 Å². The Balaban J connectivity index is 1.51. The Bertz CT molecular complexity index is 528. The SMILES string of the molecule is O=C(O)CC1CCN(C(=O)Nc2nc3c(s2)CCC3)CC1. The molecule has 0 aromatic carbocycles. The largest absolute Gasteiger partial charge is 0.481 e. The predicted octanol–water partition coefficient (Wildman–Crippen LogP) is 2.35. The number of aromatic nitrogens is 1. The van der Waals surface area contributed by atoms with Crippen LogP contribution in [0.3, 0.4) is 0 Å². The smallest absolute Gasteiger partial charge is 0.323 e. The molecule has 1 aromatic rings. The molecule has 114 valence electrons. The maximum absolute atomic E-state index is 12.2. The third-order valence-electron chi connectivity index (χ3n) is 4.17. The highest BCUT2D eigenvalue weighted by Crippen LogP contribution is 2.30. The number of fused-ring (bicyclic) bond motifs is 1. The summed E-state index contributed by atoms with van der Waals surface area (Å²) in [5, 5.41) is 12.4. The molecule has 1 saturated heterocycles. The Morgan fingerprint density at radius 2 is 2.10 bits per heavy atom. The molecule has 0 spiro atoms. The number of amides is 2. The van der Waals surface area contributed by atoms with E-state index in [9.17, 15) is 9.59 Å². The van der Waals surface area contributed by atoms with Crippen molar-refractivity contribution in [2.45, 2.75) is 38.5 Å². The summed E-state index contributed by atoms with van der Waals surface area (Å²) in [6.07, 6.45) is 4.97. The number of hydrogen-bond donors (Lipinski definition) is 2. The van der Waals surface area contributed by atoms with Gasteiger partial charge in [-0.05, 0) is 38.0 Å². The molecule has 2 aliphatic rings. The summed E-state index contributed by atoms with van der Waals surface area (Å²) in [4.78, 5) is 30.4. The standard InChI is InChI=1S/C14H19N3O3S/c18-12(19)8-9-4-6-17(7-5-9)14(20)16-13-15-10-2-1-3-11(10)21-13/h9H,1-8H2,(H,18,19)(H,15,16,20). The lowest BCUT2D eigenvalue weighted by molar-refractivity contribution is -0.138. The molecule has 21 heavy (non-hydrogen) atoms. The van der Waals surface area contributed by atoms with Crippen LogP contribution in [0, 0.1) is 5.92 Å². The van der Waals surface area contributed by atoms with Crippen LogP contribution in [0.4, 0.5) is 9.93 Å². The number of carbonyl (C=O) groups is 2. The van der Waals surface area contributed by atoms with Crippen LogP contribution in [-0.2, 0) is 17.6 Å². The van der Waals surface area contributed by atoms with Crippen molar-refractivity contribution in [1.29, 1.82) is 0 Å². The minimum atomic E-state index is -0.754. The molecule has 0 atom stereocenters. The summed E-state index contributed by atoms with van der Waals surface area (Å²) in [5.74, 6) is -0.564. The zero-order valence-electron chi connectivity index (χ0n) is 11.8. The molecule has 6 nitrogen and oxygen atoms in total. The number of nitrogens with one attached hydrogen (secondary N) is 1. The molecule has 2 N–H and O–H groups in total.